The first-order chi connectivity index (χ1) is 32.1. The quantitative estimate of drug-likeness (QED) is 0.0943. The van der Waals surface area contributed by atoms with Crippen LogP contribution in [0.5, 0.6) is 0 Å². The van der Waals surface area contributed by atoms with Crippen LogP contribution in [0.4, 0.5) is 4.79 Å². The standard InChI is InChI=1S/C52H56N8O6/c1-29(2)43(58-52(64)66-4)50(62)59-23-9-14-41(59)47-53-39-21-17-35-25-33(15-19-37(35)45(39)55-47)34-16-20-38-36(26-34)18-22-40-46(38)56-48(54-40)42-24-30(28-65-3)27-60(42)51(63)44(31-10-6-5-7-11-31)57-49(61)32-12-8-13-32/h5-7,10-11,15-22,25-26,29-30,32,41-44H,8-9,12-14,23-24,27-28H2,1-4H3,(H,53,55)(H,54,56)(H,57,61)(H,58,64)/t30-,41-,42-,43?,44+/m0/s1. The van der Waals surface area contributed by atoms with Crippen molar-refractivity contribution in [2.45, 2.75) is 76.5 Å². The van der Waals surface area contributed by atoms with Gasteiger partial charge in [0.25, 0.3) is 0 Å². The largest absolute Gasteiger partial charge is 0.453 e. The summed E-state index contributed by atoms with van der Waals surface area (Å²) in [5.41, 5.74) is 6.37. The molecule has 14 nitrogen and oxygen atoms in total. The number of nitrogens with one attached hydrogen (secondary N) is 4. The number of fused-ring (bicyclic) bond motifs is 6. The van der Waals surface area contributed by atoms with Crippen LogP contribution in [0.1, 0.15) is 87.7 Å². The van der Waals surface area contributed by atoms with Gasteiger partial charge in [0.1, 0.15) is 23.7 Å². The Balaban J connectivity index is 0.917. The van der Waals surface area contributed by atoms with Crippen molar-refractivity contribution >= 4 is 67.4 Å². The average Bonchev–Trinajstić information content (AvgIpc) is 4.14. The average molecular weight is 889 g/mol. The van der Waals surface area contributed by atoms with E-state index < -0.39 is 18.2 Å². The van der Waals surface area contributed by atoms with Crippen LogP contribution in [0.2, 0.25) is 0 Å². The topological polar surface area (TPSA) is 175 Å². The Morgan fingerprint density at radius 1 is 0.727 bits per heavy atom. The molecule has 4 amide bonds. The number of aromatic nitrogens is 4. The van der Waals surface area contributed by atoms with Gasteiger partial charge < -0.3 is 39.9 Å². The van der Waals surface area contributed by atoms with Crippen molar-refractivity contribution < 1.29 is 28.7 Å². The molecule has 2 saturated heterocycles. The van der Waals surface area contributed by atoms with Crippen molar-refractivity contribution in [1.29, 1.82) is 0 Å². The Hall–Kier alpha value is -6.80. The smallest absolute Gasteiger partial charge is 0.407 e. The molecule has 2 aromatic heterocycles. The van der Waals surface area contributed by atoms with Crippen molar-refractivity contribution in [3.05, 3.63) is 108 Å². The highest BCUT2D eigenvalue weighted by atomic mass is 16.5. The lowest BCUT2D eigenvalue weighted by atomic mass is 9.84. The number of methoxy groups -OCH3 is 2. The first kappa shape index (κ1) is 43.1. The van der Waals surface area contributed by atoms with Crippen molar-refractivity contribution in [3.8, 4) is 11.1 Å². The number of aromatic amines is 2. The van der Waals surface area contributed by atoms with Crippen LogP contribution in [0.3, 0.4) is 0 Å². The van der Waals surface area contributed by atoms with Crippen molar-refractivity contribution in [3.63, 3.8) is 0 Å². The van der Waals surface area contributed by atoms with Crippen LogP contribution in [0.25, 0.3) is 54.7 Å². The number of likely N-dealkylation sites (tertiary alicyclic amines) is 2. The third-order valence-electron chi connectivity index (χ3n) is 14.1. The SMILES string of the molecule is COC[C@H]1C[C@@H](c2nc3c(ccc4cc(-c5ccc6c(ccc7[nH]c([C@@H]8CCCN8C(=O)C(NC(=O)OC)C(C)C)nc76)c5)ccc43)[nH]2)N(C(=O)[C@H](NC(=O)C2CCC2)c2ccccc2)C1. The number of hydrogen-bond donors (Lipinski definition) is 4. The van der Waals surface area contributed by atoms with E-state index in [4.69, 9.17) is 19.4 Å². The Morgan fingerprint density at radius 2 is 1.36 bits per heavy atom. The molecule has 14 heteroatoms. The Bertz CT molecular complexity index is 2980. The summed E-state index contributed by atoms with van der Waals surface area (Å²) < 4.78 is 10.4. The van der Waals surface area contributed by atoms with E-state index >= 15 is 0 Å². The Morgan fingerprint density at radius 3 is 1.94 bits per heavy atom. The zero-order valence-corrected chi connectivity index (χ0v) is 37.8. The van der Waals surface area contributed by atoms with Gasteiger partial charge in [0, 0.05) is 42.8 Å². The Labute approximate surface area is 382 Å². The minimum atomic E-state index is -0.799. The monoisotopic (exact) mass is 888 g/mol. The molecule has 0 bridgehead atoms. The second-order valence-corrected chi connectivity index (χ2v) is 18.6. The normalized spacial score (nSPS) is 19.7. The fourth-order valence-corrected chi connectivity index (χ4v) is 10.3. The molecule has 4 heterocycles. The first-order valence-electron chi connectivity index (χ1n) is 23.2. The van der Waals surface area contributed by atoms with E-state index in [1.54, 1.807) is 7.11 Å². The highest BCUT2D eigenvalue weighted by molar-refractivity contribution is 6.07. The number of ether oxygens (including phenoxy) is 2. The first-order valence-corrected chi connectivity index (χ1v) is 23.2. The van der Waals surface area contributed by atoms with Gasteiger partial charge in [-0.3, -0.25) is 14.4 Å². The van der Waals surface area contributed by atoms with Gasteiger partial charge in [-0.15, -0.1) is 0 Å². The predicted octanol–water partition coefficient (Wildman–Crippen LogP) is 8.65. The molecule has 1 aliphatic carbocycles. The second-order valence-electron chi connectivity index (χ2n) is 18.6. The maximum atomic E-state index is 14.7. The van der Waals surface area contributed by atoms with Gasteiger partial charge in [0.15, 0.2) is 0 Å². The summed E-state index contributed by atoms with van der Waals surface area (Å²) in [4.78, 5) is 74.9. The number of alkyl carbamates (subject to hydrolysis) is 1. The molecule has 340 valence electrons. The fraction of sp³-hybridized carbons (Fsp3) is 0.385. The summed E-state index contributed by atoms with van der Waals surface area (Å²) in [7, 11) is 2.98. The number of carbonyl (C=O) groups excluding carboxylic acids is 4. The van der Waals surface area contributed by atoms with Gasteiger partial charge in [0.05, 0.1) is 47.9 Å². The molecular formula is C52H56N8O6. The Kier molecular flexibility index (Phi) is 11.7. The predicted molar refractivity (Wildman–Crippen MR) is 253 cm³/mol. The maximum Gasteiger partial charge on any atom is 0.407 e. The zero-order chi connectivity index (χ0) is 45.6. The second kappa shape index (κ2) is 17.9. The molecule has 10 rings (SSSR count). The molecule has 4 N–H and O–H groups in total. The van der Waals surface area contributed by atoms with Crippen LogP contribution < -0.4 is 10.6 Å². The summed E-state index contributed by atoms with van der Waals surface area (Å²) in [5.74, 6) is 1.05. The van der Waals surface area contributed by atoms with Crippen LogP contribution in [-0.4, -0.2) is 93.5 Å². The van der Waals surface area contributed by atoms with Crippen molar-refractivity contribution in [2.24, 2.45) is 17.8 Å². The van der Waals surface area contributed by atoms with Crippen LogP contribution in [0.15, 0.2) is 91.0 Å². The fourth-order valence-electron chi connectivity index (χ4n) is 10.3. The molecule has 0 spiro atoms. The van der Waals surface area contributed by atoms with Gasteiger partial charge in [0.2, 0.25) is 17.7 Å². The highest BCUT2D eigenvalue weighted by Gasteiger charge is 2.42. The van der Waals surface area contributed by atoms with Gasteiger partial charge in [-0.25, -0.2) is 14.8 Å². The summed E-state index contributed by atoms with van der Waals surface area (Å²) in [6.07, 6.45) is 4.40. The highest BCUT2D eigenvalue weighted by Crippen LogP contribution is 2.40. The molecule has 3 fully saturated rings. The molecule has 5 atom stereocenters. The third-order valence-corrected chi connectivity index (χ3v) is 14.1. The number of hydrogen-bond acceptors (Lipinski definition) is 8. The summed E-state index contributed by atoms with van der Waals surface area (Å²) in [6, 6.07) is 28.6. The van der Waals surface area contributed by atoms with E-state index in [1.807, 2.05) is 60.0 Å². The number of benzene rings is 5. The van der Waals surface area contributed by atoms with E-state index in [-0.39, 0.29) is 47.6 Å². The van der Waals surface area contributed by atoms with Crippen molar-refractivity contribution in [1.82, 2.24) is 40.4 Å². The van der Waals surface area contributed by atoms with Crippen LogP contribution >= 0.6 is 0 Å². The van der Waals surface area contributed by atoms with Gasteiger partial charge in [-0.05, 0) is 89.8 Å². The molecule has 0 radical (unpaired) electrons. The number of carbonyl (C=O) groups is 4. The minimum absolute atomic E-state index is 0.0509. The number of H-pyrrole nitrogens is 2. The van der Waals surface area contributed by atoms with Crippen LogP contribution in [0, 0.1) is 17.8 Å². The molecular weight excluding hydrogens is 833 g/mol. The summed E-state index contributed by atoms with van der Waals surface area (Å²) in [6.45, 7) is 5.42. The van der Waals surface area contributed by atoms with Gasteiger partial charge in [-0.2, -0.15) is 0 Å². The number of imidazole rings is 2. The van der Waals surface area contributed by atoms with Crippen LogP contribution in [-0.2, 0) is 23.9 Å². The van der Waals surface area contributed by atoms with Gasteiger partial charge >= 0.3 is 6.09 Å². The minimum Gasteiger partial charge on any atom is -0.453 e. The maximum absolute atomic E-state index is 14.7. The lowest BCUT2D eigenvalue weighted by Gasteiger charge is -2.31. The van der Waals surface area contributed by atoms with E-state index in [9.17, 15) is 19.2 Å². The van der Waals surface area contributed by atoms with E-state index in [0.29, 0.717) is 26.1 Å². The van der Waals surface area contributed by atoms with E-state index in [0.717, 1.165) is 104 Å². The third kappa shape index (κ3) is 8.01. The van der Waals surface area contributed by atoms with E-state index in [2.05, 4.69) is 75.2 Å². The molecule has 2 aliphatic heterocycles. The molecule has 1 unspecified atom stereocenters. The molecule has 66 heavy (non-hydrogen) atoms. The number of rotatable bonds is 12. The lowest BCUT2D eigenvalue weighted by molar-refractivity contribution is -0.139. The molecule has 7 aromatic rings. The van der Waals surface area contributed by atoms with E-state index in [1.165, 1.54) is 7.11 Å². The number of amides is 4. The lowest BCUT2D eigenvalue weighted by Crippen LogP contribution is -2.51. The zero-order valence-electron chi connectivity index (χ0n) is 37.8. The summed E-state index contributed by atoms with van der Waals surface area (Å²) in [5, 5.41) is 9.96. The molecule has 3 aliphatic rings. The molecule has 5 aromatic carbocycles. The summed E-state index contributed by atoms with van der Waals surface area (Å²) >= 11 is 0. The number of nitrogens with zero attached hydrogens (tertiary/aromatic N) is 4. The van der Waals surface area contributed by atoms with Crippen molar-refractivity contribution in [2.75, 3.05) is 33.9 Å². The molecule has 1 saturated carbocycles. The van der Waals surface area contributed by atoms with Gasteiger partial charge in [-0.1, -0.05) is 87.0 Å².